The third-order valence-corrected chi connectivity index (χ3v) is 5.93. The van der Waals surface area contributed by atoms with E-state index in [0.717, 1.165) is 75.4 Å². The summed E-state index contributed by atoms with van der Waals surface area (Å²) in [6.07, 6.45) is 4.70. The Morgan fingerprint density at radius 1 is 0.679 bits per heavy atom. The van der Waals surface area contributed by atoms with Crippen molar-refractivity contribution in [2.24, 2.45) is 0 Å². The van der Waals surface area contributed by atoms with E-state index in [-0.39, 0.29) is 0 Å². The Morgan fingerprint density at radius 3 is 1.96 bits per heavy atom. The lowest BCUT2D eigenvalue weighted by molar-refractivity contribution is 0.109. The summed E-state index contributed by atoms with van der Waals surface area (Å²) in [6, 6.07) is 6.38. The summed E-state index contributed by atoms with van der Waals surface area (Å²) in [5.41, 5.74) is 2.26. The maximum Gasteiger partial charge on any atom is 0.151 e. The summed E-state index contributed by atoms with van der Waals surface area (Å²) in [4.78, 5) is 6.95. The number of aromatic nitrogens is 4. The van der Waals surface area contributed by atoms with Crippen LogP contribution in [0.15, 0.2) is 18.2 Å². The van der Waals surface area contributed by atoms with Gasteiger partial charge in [0.15, 0.2) is 17.5 Å². The number of fused-ring (bicyclic) bond motifs is 1. The van der Waals surface area contributed by atoms with Gasteiger partial charge in [-0.25, -0.2) is 0 Å². The van der Waals surface area contributed by atoms with Crippen LogP contribution >= 0.6 is 0 Å². The molecule has 2 fully saturated rings. The minimum atomic E-state index is 0.650. The molecule has 2 saturated heterocycles. The van der Waals surface area contributed by atoms with Crippen molar-refractivity contribution in [2.45, 2.75) is 32.3 Å². The predicted molar refractivity (Wildman–Crippen MR) is 108 cm³/mol. The van der Waals surface area contributed by atoms with E-state index in [2.05, 4.69) is 53.3 Å². The molecule has 0 N–H and O–H groups in total. The third-order valence-electron chi connectivity index (χ3n) is 5.93. The average molecular weight is 381 g/mol. The molecule has 0 bridgehead atoms. The Bertz CT molecular complexity index is 799. The summed E-state index contributed by atoms with van der Waals surface area (Å²) in [6.45, 7) is 7.22. The van der Waals surface area contributed by atoms with Crippen LogP contribution in [-0.2, 0) is 17.8 Å². The van der Waals surface area contributed by atoms with Crippen molar-refractivity contribution in [3.05, 3.63) is 29.5 Å². The molecule has 0 saturated carbocycles. The molecule has 0 radical (unpaired) electrons. The van der Waals surface area contributed by atoms with Crippen LogP contribution in [0.5, 0.6) is 0 Å². The summed E-state index contributed by atoms with van der Waals surface area (Å²) >= 11 is 0. The number of anilines is 3. The SMILES string of the molecule is c1cc(N2CCN(c3cc4c(nn3)CCOC4)CC2)nnc1N1CCCCC1. The topological polar surface area (TPSA) is 70.5 Å². The zero-order chi connectivity index (χ0) is 18.8. The molecule has 3 aliphatic heterocycles. The fourth-order valence-electron chi connectivity index (χ4n) is 4.23. The van der Waals surface area contributed by atoms with Gasteiger partial charge in [-0.05, 0) is 37.5 Å². The molecule has 0 aromatic carbocycles. The second-order valence-corrected chi connectivity index (χ2v) is 7.75. The second kappa shape index (κ2) is 7.87. The van der Waals surface area contributed by atoms with E-state index in [4.69, 9.17) is 4.74 Å². The molecule has 0 atom stereocenters. The van der Waals surface area contributed by atoms with Crippen molar-refractivity contribution in [3.8, 4) is 0 Å². The van der Waals surface area contributed by atoms with Crippen LogP contribution in [-0.4, -0.2) is 66.3 Å². The number of hydrogen-bond donors (Lipinski definition) is 0. The highest BCUT2D eigenvalue weighted by Gasteiger charge is 2.22. The van der Waals surface area contributed by atoms with E-state index in [0.29, 0.717) is 6.61 Å². The highest BCUT2D eigenvalue weighted by molar-refractivity contribution is 5.48. The standard InChI is InChI=1S/C20H27N7O/c1-2-7-25(8-3-1)18-4-5-19(23-22-18)26-9-11-27(12-10-26)20-14-16-15-28-13-6-17(16)21-24-20/h4-5,14H,1-3,6-13,15H2. The molecule has 0 spiro atoms. The van der Waals surface area contributed by atoms with Crippen molar-refractivity contribution < 1.29 is 4.74 Å². The number of nitrogens with zero attached hydrogens (tertiary/aromatic N) is 7. The lowest BCUT2D eigenvalue weighted by Crippen LogP contribution is -2.47. The van der Waals surface area contributed by atoms with Gasteiger partial charge >= 0.3 is 0 Å². The van der Waals surface area contributed by atoms with E-state index >= 15 is 0 Å². The first-order valence-electron chi connectivity index (χ1n) is 10.4. The molecular formula is C20H27N7O. The van der Waals surface area contributed by atoms with Crippen LogP contribution < -0.4 is 14.7 Å². The van der Waals surface area contributed by atoms with Gasteiger partial charge in [-0.15, -0.1) is 15.3 Å². The smallest absolute Gasteiger partial charge is 0.151 e. The van der Waals surface area contributed by atoms with Crippen LogP contribution in [0, 0.1) is 0 Å². The fourth-order valence-corrected chi connectivity index (χ4v) is 4.23. The molecule has 148 valence electrons. The maximum atomic E-state index is 5.55. The molecule has 2 aromatic heterocycles. The number of ether oxygens (including phenoxy) is 1. The van der Waals surface area contributed by atoms with Crippen LogP contribution in [0.1, 0.15) is 30.5 Å². The molecule has 8 nitrogen and oxygen atoms in total. The van der Waals surface area contributed by atoms with Crippen LogP contribution in [0.25, 0.3) is 0 Å². The lowest BCUT2D eigenvalue weighted by atomic mass is 10.1. The van der Waals surface area contributed by atoms with Gasteiger partial charge < -0.3 is 19.4 Å². The normalized spacial score (nSPS) is 20.2. The largest absolute Gasteiger partial charge is 0.376 e. The number of rotatable bonds is 3. The van der Waals surface area contributed by atoms with Crippen LogP contribution in [0.2, 0.25) is 0 Å². The molecule has 0 unspecified atom stereocenters. The molecule has 0 amide bonds. The Hall–Kier alpha value is -2.48. The summed E-state index contributed by atoms with van der Waals surface area (Å²) in [5.74, 6) is 2.93. The minimum Gasteiger partial charge on any atom is -0.376 e. The van der Waals surface area contributed by atoms with Gasteiger partial charge in [0.1, 0.15) is 0 Å². The van der Waals surface area contributed by atoms with E-state index in [1.54, 1.807) is 0 Å². The number of piperazine rings is 1. The van der Waals surface area contributed by atoms with Gasteiger partial charge in [0.2, 0.25) is 0 Å². The molecule has 0 aliphatic carbocycles. The van der Waals surface area contributed by atoms with Gasteiger partial charge in [0, 0.05) is 51.3 Å². The molecular weight excluding hydrogens is 354 g/mol. The van der Waals surface area contributed by atoms with Crippen molar-refractivity contribution in [1.82, 2.24) is 20.4 Å². The van der Waals surface area contributed by atoms with E-state index < -0.39 is 0 Å². The monoisotopic (exact) mass is 381 g/mol. The summed E-state index contributed by atoms with van der Waals surface area (Å²) in [5, 5.41) is 17.9. The molecule has 28 heavy (non-hydrogen) atoms. The first-order chi connectivity index (χ1) is 13.9. The molecule has 3 aliphatic rings. The Morgan fingerprint density at radius 2 is 1.29 bits per heavy atom. The Kier molecular flexibility index (Phi) is 4.95. The minimum absolute atomic E-state index is 0.650. The van der Waals surface area contributed by atoms with Gasteiger partial charge in [-0.2, -0.15) is 5.10 Å². The molecule has 2 aromatic rings. The maximum absolute atomic E-state index is 5.55. The Labute approximate surface area is 165 Å². The van der Waals surface area contributed by atoms with Crippen molar-refractivity contribution in [1.29, 1.82) is 0 Å². The quantitative estimate of drug-likeness (QED) is 0.795. The van der Waals surface area contributed by atoms with Crippen LogP contribution in [0.3, 0.4) is 0 Å². The molecule has 5 rings (SSSR count). The first kappa shape index (κ1) is 17.6. The van der Waals surface area contributed by atoms with Gasteiger partial charge in [0.25, 0.3) is 0 Å². The zero-order valence-corrected chi connectivity index (χ0v) is 16.3. The number of piperidine rings is 1. The fraction of sp³-hybridized carbons (Fsp3) is 0.600. The number of hydrogen-bond acceptors (Lipinski definition) is 8. The lowest BCUT2D eigenvalue weighted by Gasteiger charge is -2.36. The van der Waals surface area contributed by atoms with Crippen LogP contribution in [0.4, 0.5) is 17.5 Å². The molecule has 8 heteroatoms. The first-order valence-corrected chi connectivity index (χ1v) is 10.4. The van der Waals surface area contributed by atoms with Crippen molar-refractivity contribution >= 4 is 17.5 Å². The Balaban J connectivity index is 1.21. The summed E-state index contributed by atoms with van der Waals surface area (Å²) < 4.78 is 5.55. The third kappa shape index (κ3) is 3.61. The second-order valence-electron chi connectivity index (χ2n) is 7.75. The van der Waals surface area contributed by atoms with Gasteiger partial charge in [0.05, 0.1) is 18.9 Å². The summed E-state index contributed by atoms with van der Waals surface area (Å²) in [7, 11) is 0. The van der Waals surface area contributed by atoms with E-state index in [9.17, 15) is 0 Å². The van der Waals surface area contributed by atoms with Gasteiger partial charge in [-0.1, -0.05) is 0 Å². The van der Waals surface area contributed by atoms with Crippen molar-refractivity contribution in [3.63, 3.8) is 0 Å². The van der Waals surface area contributed by atoms with Crippen molar-refractivity contribution in [2.75, 3.05) is 60.6 Å². The molecule has 5 heterocycles. The van der Waals surface area contributed by atoms with E-state index in [1.807, 2.05) is 0 Å². The highest BCUT2D eigenvalue weighted by Crippen LogP contribution is 2.23. The predicted octanol–water partition coefficient (Wildman–Crippen LogP) is 1.66. The van der Waals surface area contributed by atoms with E-state index in [1.165, 1.54) is 24.8 Å². The average Bonchev–Trinajstić information content (AvgIpc) is 2.80. The zero-order valence-electron chi connectivity index (χ0n) is 16.3. The highest BCUT2D eigenvalue weighted by atomic mass is 16.5. The van der Waals surface area contributed by atoms with Gasteiger partial charge in [-0.3, -0.25) is 0 Å².